The van der Waals surface area contributed by atoms with Crippen LogP contribution in [0.15, 0.2) is 83.8 Å². The molecule has 0 spiro atoms. The molecule has 3 aromatic carbocycles. The van der Waals surface area contributed by atoms with Crippen LogP contribution in [0, 0.1) is 0 Å². The molecule has 2 heterocycles. The van der Waals surface area contributed by atoms with E-state index >= 15 is 0 Å². The number of rotatable bonds is 4. The number of hydrogen-bond acceptors (Lipinski definition) is 4. The molecule has 0 atom stereocenters. The lowest BCUT2D eigenvalue weighted by molar-refractivity contribution is -0.137. The van der Waals surface area contributed by atoms with Crippen molar-refractivity contribution in [3.8, 4) is 11.4 Å². The summed E-state index contributed by atoms with van der Waals surface area (Å²) < 4.78 is 46.2. The van der Waals surface area contributed by atoms with Crippen LogP contribution in [0.4, 0.5) is 18.9 Å². The van der Waals surface area contributed by atoms with Crippen LogP contribution in [-0.4, -0.2) is 48.7 Å². The third kappa shape index (κ3) is 4.76. The molecule has 1 aliphatic rings. The van der Waals surface area contributed by atoms with Crippen molar-refractivity contribution in [3.63, 3.8) is 0 Å². The number of halogens is 3. The van der Waals surface area contributed by atoms with E-state index in [-0.39, 0.29) is 11.5 Å². The van der Waals surface area contributed by atoms with Crippen molar-refractivity contribution in [1.29, 1.82) is 0 Å². The summed E-state index contributed by atoms with van der Waals surface area (Å²) in [5.41, 5.74) is 0.465. The Labute approximate surface area is 211 Å². The maximum absolute atomic E-state index is 13.7. The molecule has 1 aromatic heterocycles. The van der Waals surface area contributed by atoms with E-state index in [0.29, 0.717) is 59.6 Å². The van der Waals surface area contributed by atoms with Gasteiger partial charge in [-0.15, -0.1) is 0 Å². The Bertz CT molecular complexity index is 1520. The predicted molar refractivity (Wildman–Crippen MR) is 136 cm³/mol. The van der Waals surface area contributed by atoms with Gasteiger partial charge >= 0.3 is 6.18 Å². The third-order valence-corrected chi connectivity index (χ3v) is 6.59. The van der Waals surface area contributed by atoms with Gasteiger partial charge in [-0.1, -0.05) is 30.3 Å². The summed E-state index contributed by atoms with van der Waals surface area (Å²) in [5.74, 6) is 0.340. The molecule has 1 amide bonds. The molecule has 190 valence electrons. The van der Waals surface area contributed by atoms with Gasteiger partial charge in [-0.25, -0.2) is 0 Å². The van der Waals surface area contributed by atoms with Crippen LogP contribution in [0.5, 0.6) is 5.75 Å². The van der Waals surface area contributed by atoms with Gasteiger partial charge in [0.1, 0.15) is 5.75 Å². The maximum atomic E-state index is 13.7. The van der Waals surface area contributed by atoms with Gasteiger partial charge in [-0.3, -0.25) is 14.2 Å². The standard InChI is InChI=1S/C28H24F3N3O3/c1-37-22-9-5-8-21(17-22)34-18-25(23-10-2-3-11-24(23)27(34)36)26(35)33-14-12-32(13-15-33)20-7-4-6-19(16-20)28(29,30)31/h2-11,16-18H,12-15H2,1H3. The summed E-state index contributed by atoms with van der Waals surface area (Å²) in [4.78, 5) is 30.5. The number of carbonyl (C=O) groups is 1. The predicted octanol–water partition coefficient (Wildman–Crippen LogP) is 4.98. The molecule has 0 aliphatic carbocycles. The Kier molecular flexibility index (Phi) is 6.37. The Balaban J connectivity index is 1.45. The van der Waals surface area contributed by atoms with Crippen LogP contribution in [0.25, 0.3) is 16.5 Å². The molecule has 1 fully saturated rings. The van der Waals surface area contributed by atoms with E-state index in [0.717, 1.165) is 12.1 Å². The first-order valence-corrected chi connectivity index (χ1v) is 11.8. The molecule has 6 nitrogen and oxygen atoms in total. The molecule has 0 bridgehead atoms. The van der Waals surface area contributed by atoms with E-state index in [1.54, 1.807) is 65.7 Å². The smallest absolute Gasteiger partial charge is 0.416 e. The minimum Gasteiger partial charge on any atom is -0.497 e. The molecule has 5 rings (SSSR count). The second-order valence-electron chi connectivity index (χ2n) is 8.79. The fraction of sp³-hybridized carbons (Fsp3) is 0.214. The number of piperazine rings is 1. The summed E-state index contributed by atoms with van der Waals surface area (Å²) in [6, 6.07) is 19.2. The second-order valence-corrected chi connectivity index (χ2v) is 8.79. The number of anilines is 1. The quantitative estimate of drug-likeness (QED) is 0.391. The Hall–Kier alpha value is -4.27. The van der Waals surface area contributed by atoms with Crippen LogP contribution < -0.4 is 15.2 Å². The minimum absolute atomic E-state index is 0.239. The Morgan fingerprint density at radius 3 is 2.22 bits per heavy atom. The van der Waals surface area contributed by atoms with Gasteiger partial charge in [-0.05, 0) is 36.4 Å². The summed E-state index contributed by atoms with van der Waals surface area (Å²) in [6.07, 6.45) is -2.86. The van der Waals surface area contributed by atoms with Crippen molar-refractivity contribution >= 4 is 22.4 Å². The van der Waals surface area contributed by atoms with Gasteiger partial charge in [0.2, 0.25) is 0 Å². The number of hydrogen-bond donors (Lipinski definition) is 0. The van der Waals surface area contributed by atoms with E-state index in [9.17, 15) is 22.8 Å². The molecular formula is C28H24F3N3O3. The van der Waals surface area contributed by atoms with E-state index < -0.39 is 11.7 Å². The summed E-state index contributed by atoms with van der Waals surface area (Å²) in [7, 11) is 1.54. The number of pyridine rings is 1. The highest BCUT2D eigenvalue weighted by atomic mass is 19.4. The molecule has 1 saturated heterocycles. The van der Waals surface area contributed by atoms with Crippen molar-refractivity contribution < 1.29 is 22.7 Å². The van der Waals surface area contributed by atoms with Crippen LogP contribution >= 0.6 is 0 Å². The van der Waals surface area contributed by atoms with Gasteiger partial charge in [0.05, 0.1) is 23.9 Å². The van der Waals surface area contributed by atoms with Gasteiger partial charge in [-0.2, -0.15) is 13.2 Å². The molecular weight excluding hydrogens is 483 g/mol. The average molecular weight is 508 g/mol. The van der Waals surface area contributed by atoms with E-state index in [2.05, 4.69) is 0 Å². The topological polar surface area (TPSA) is 54.8 Å². The van der Waals surface area contributed by atoms with Crippen LogP contribution in [0.3, 0.4) is 0 Å². The highest BCUT2D eigenvalue weighted by Gasteiger charge is 2.31. The number of benzene rings is 3. The number of amides is 1. The van der Waals surface area contributed by atoms with Crippen molar-refractivity contribution in [1.82, 2.24) is 9.47 Å². The van der Waals surface area contributed by atoms with Gasteiger partial charge in [0, 0.05) is 54.9 Å². The largest absolute Gasteiger partial charge is 0.497 e. The zero-order chi connectivity index (χ0) is 26.2. The number of alkyl halides is 3. The van der Waals surface area contributed by atoms with Crippen molar-refractivity contribution in [3.05, 3.63) is 100 Å². The van der Waals surface area contributed by atoms with Crippen molar-refractivity contribution in [2.45, 2.75) is 6.18 Å². The highest BCUT2D eigenvalue weighted by molar-refractivity contribution is 6.06. The van der Waals surface area contributed by atoms with Gasteiger partial charge < -0.3 is 14.5 Å². The first kappa shape index (κ1) is 24.4. The lowest BCUT2D eigenvalue weighted by atomic mass is 10.1. The first-order valence-electron chi connectivity index (χ1n) is 11.8. The fourth-order valence-electron chi connectivity index (χ4n) is 4.63. The number of carbonyl (C=O) groups excluding carboxylic acids is 1. The van der Waals surface area contributed by atoms with Crippen LogP contribution in [0.2, 0.25) is 0 Å². The van der Waals surface area contributed by atoms with E-state index in [1.807, 2.05) is 4.90 Å². The fourth-order valence-corrected chi connectivity index (χ4v) is 4.63. The Morgan fingerprint density at radius 1 is 0.838 bits per heavy atom. The number of aromatic nitrogens is 1. The highest BCUT2D eigenvalue weighted by Crippen LogP contribution is 2.32. The first-order chi connectivity index (χ1) is 17.8. The molecule has 0 N–H and O–H groups in total. The summed E-state index contributed by atoms with van der Waals surface area (Å²) in [6.45, 7) is 1.45. The maximum Gasteiger partial charge on any atom is 0.416 e. The lowest BCUT2D eigenvalue weighted by Crippen LogP contribution is -2.49. The second kappa shape index (κ2) is 9.65. The van der Waals surface area contributed by atoms with Crippen LogP contribution in [-0.2, 0) is 6.18 Å². The SMILES string of the molecule is COc1cccc(-n2cc(C(=O)N3CCN(c4cccc(C(F)(F)F)c4)CC3)c3ccccc3c2=O)c1. The molecule has 0 unspecified atom stereocenters. The minimum atomic E-state index is -4.42. The molecule has 0 saturated carbocycles. The molecule has 4 aromatic rings. The zero-order valence-corrected chi connectivity index (χ0v) is 20.0. The number of fused-ring (bicyclic) bond motifs is 1. The van der Waals surface area contributed by atoms with Gasteiger partial charge in [0.25, 0.3) is 11.5 Å². The van der Waals surface area contributed by atoms with Gasteiger partial charge in [0.15, 0.2) is 0 Å². The number of nitrogens with zero attached hydrogens (tertiary/aromatic N) is 3. The Morgan fingerprint density at radius 2 is 1.51 bits per heavy atom. The third-order valence-electron chi connectivity index (χ3n) is 6.59. The van der Waals surface area contributed by atoms with Crippen molar-refractivity contribution in [2.24, 2.45) is 0 Å². The van der Waals surface area contributed by atoms with Crippen molar-refractivity contribution in [2.75, 3.05) is 38.2 Å². The monoisotopic (exact) mass is 507 g/mol. The molecule has 0 radical (unpaired) electrons. The molecule has 1 aliphatic heterocycles. The number of methoxy groups -OCH3 is 1. The summed E-state index contributed by atoms with van der Waals surface area (Å²) in [5, 5.41) is 0.968. The van der Waals surface area contributed by atoms with E-state index in [1.165, 1.54) is 17.7 Å². The lowest BCUT2D eigenvalue weighted by Gasteiger charge is -2.36. The molecule has 37 heavy (non-hydrogen) atoms. The molecule has 9 heteroatoms. The number of ether oxygens (including phenoxy) is 1. The average Bonchev–Trinajstić information content (AvgIpc) is 2.93. The zero-order valence-electron chi connectivity index (χ0n) is 20.0. The summed E-state index contributed by atoms with van der Waals surface area (Å²) >= 11 is 0. The van der Waals surface area contributed by atoms with Crippen LogP contribution in [0.1, 0.15) is 15.9 Å². The normalized spacial score (nSPS) is 14.2. The van der Waals surface area contributed by atoms with E-state index in [4.69, 9.17) is 4.74 Å².